The summed E-state index contributed by atoms with van der Waals surface area (Å²) < 4.78 is 0.834. The summed E-state index contributed by atoms with van der Waals surface area (Å²) >= 11 is 3.31. The second kappa shape index (κ2) is 4.23. The average Bonchev–Trinajstić information content (AvgIpc) is 2.74. The normalized spacial score (nSPS) is 15.7. The highest BCUT2D eigenvalue weighted by Crippen LogP contribution is 2.22. The molecule has 1 aromatic carbocycles. The third-order valence-electron chi connectivity index (χ3n) is 2.64. The molecule has 1 aromatic rings. The predicted octanol–water partition coefficient (Wildman–Crippen LogP) is 2.27. The van der Waals surface area contributed by atoms with Crippen molar-refractivity contribution in [2.75, 3.05) is 18.8 Å². The molecular weight excluding hydrogens is 256 g/mol. The lowest BCUT2D eigenvalue weighted by Crippen LogP contribution is -2.27. The summed E-state index contributed by atoms with van der Waals surface area (Å²) in [4.78, 5) is 13.8. The van der Waals surface area contributed by atoms with Crippen molar-refractivity contribution in [1.82, 2.24) is 4.90 Å². The number of hydrogen-bond donors (Lipinski definition) is 1. The first-order valence-corrected chi connectivity index (χ1v) is 5.82. The van der Waals surface area contributed by atoms with Gasteiger partial charge in [0.25, 0.3) is 5.91 Å². The number of nitrogens with zero attached hydrogens (tertiary/aromatic N) is 1. The van der Waals surface area contributed by atoms with E-state index in [0.717, 1.165) is 30.4 Å². The molecule has 0 bridgehead atoms. The maximum Gasteiger partial charge on any atom is 0.253 e. The summed E-state index contributed by atoms with van der Waals surface area (Å²) in [5, 5.41) is 0. The van der Waals surface area contributed by atoms with E-state index in [-0.39, 0.29) is 5.91 Å². The largest absolute Gasteiger partial charge is 0.398 e. The van der Waals surface area contributed by atoms with Crippen molar-refractivity contribution in [2.45, 2.75) is 12.8 Å². The van der Waals surface area contributed by atoms with Crippen LogP contribution in [-0.2, 0) is 0 Å². The average molecular weight is 269 g/mol. The van der Waals surface area contributed by atoms with Crippen LogP contribution in [0.5, 0.6) is 0 Å². The molecule has 0 radical (unpaired) electrons. The van der Waals surface area contributed by atoms with Gasteiger partial charge in [0.05, 0.1) is 0 Å². The van der Waals surface area contributed by atoms with E-state index in [2.05, 4.69) is 15.9 Å². The molecule has 0 aromatic heterocycles. The molecule has 80 valence electrons. The molecule has 0 unspecified atom stereocenters. The van der Waals surface area contributed by atoms with Gasteiger partial charge < -0.3 is 10.6 Å². The summed E-state index contributed by atoms with van der Waals surface area (Å²) in [6.45, 7) is 1.74. The lowest BCUT2D eigenvalue weighted by Gasteiger charge is -2.15. The number of amides is 1. The number of nitrogen functional groups attached to an aromatic ring is 1. The highest BCUT2D eigenvalue weighted by Gasteiger charge is 2.19. The first-order chi connectivity index (χ1) is 7.18. The summed E-state index contributed by atoms with van der Waals surface area (Å²) in [5.41, 5.74) is 7.03. The Kier molecular flexibility index (Phi) is 2.95. The van der Waals surface area contributed by atoms with Gasteiger partial charge in [-0.2, -0.15) is 0 Å². The predicted molar refractivity (Wildman–Crippen MR) is 63.7 cm³/mol. The summed E-state index contributed by atoms with van der Waals surface area (Å²) in [7, 11) is 0. The second-order valence-corrected chi connectivity index (χ2v) is 4.59. The standard InChI is InChI=1S/C11H13BrN2O/c12-9-4-3-8(7-10(9)13)11(15)14-5-1-2-6-14/h3-4,7H,1-2,5-6,13H2. The molecule has 15 heavy (non-hydrogen) atoms. The van der Waals surface area contributed by atoms with Gasteiger partial charge in [0.2, 0.25) is 0 Å². The molecule has 4 heteroatoms. The topological polar surface area (TPSA) is 46.3 Å². The van der Waals surface area contributed by atoms with Crippen molar-refractivity contribution in [1.29, 1.82) is 0 Å². The molecule has 1 heterocycles. The molecular formula is C11H13BrN2O. The van der Waals surface area contributed by atoms with Gasteiger partial charge in [0.1, 0.15) is 0 Å². The van der Waals surface area contributed by atoms with Gasteiger partial charge in [-0.3, -0.25) is 4.79 Å². The van der Waals surface area contributed by atoms with Gasteiger partial charge in [-0.05, 0) is 47.0 Å². The van der Waals surface area contributed by atoms with E-state index in [0.29, 0.717) is 11.3 Å². The number of carbonyl (C=O) groups is 1. The van der Waals surface area contributed by atoms with Crippen molar-refractivity contribution >= 4 is 27.5 Å². The zero-order chi connectivity index (χ0) is 10.8. The Bertz CT molecular complexity index is 386. The Morgan fingerprint density at radius 1 is 1.33 bits per heavy atom. The number of halogens is 1. The van der Waals surface area contributed by atoms with E-state index < -0.39 is 0 Å². The number of carbonyl (C=O) groups excluding carboxylic acids is 1. The monoisotopic (exact) mass is 268 g/mol. The Balaban J connectivity index is 2.21. The summed E-state index contributed by atoms with van der Waals surface area (Å²) in [6.07, 6.45) is 2.22. The Hall–Kier alpha value is -1.03. The Morgan fingerprint density at radius 2 is 2.00 bits per heavy atom. The first kappa shape index (κ1) is 10.5. The van der Waals surface area contributed by atoms with Gasteiger partial charge in [0, 0.05) is 28.8 Å². The van der Waals surface area contributed by atoms with Crippen molar-refractivity contribution in [3.8, 4) is 0 Å². The van der Waals surface area contributed by atoms with Crippen molar-refractivity contribution in [3.05, 3.63) is 28.2 Å². The molecule has 1 amide bonds. The van der Waals surface area contributed by atoms with Gasteiger partial charge in [0.15, 0.2) is 0 Å². The van der Waals surface area contributed by atoms with Crippen molar-refractivity contribution in [2.24, 2.45) is 0 Å². The number of anilines is 1. The minimum absolute atomic E-state index is 0.0895. The SMILES string of the molecule is Nc1cc(C(=O)N2CCCC2)ccc1Br. The van der Waals surface area contributed by atoms with Crippen LogP contribution in [0.1, 0.15) is 23.2 Å². The van der Waals surface area contributed by atoms with Gasteiger partial charge >= 0.3 is 0 Å². The highest BCUT2D eigenvalue weighted by molar-refractivity contribution is 9.10. The van der Waals surface area contributed by atoms with E-state index in [1.54, 1.807) is 12.1 Å². The zero-order valence-electron chi connectivity index (χ0n) is 8.37. The number of likely N-dealkylation sites (tertiary alicyclic amines) is 1. The number of rotatable bonds is 1. The molecule has 0 saturated carbocycles. The van der Waals surface area contributed by atoms with Gasteiger partial charge in [-0.15, -0.1) is 0 Å². The van der Waals surface area contributed by atoms with Crippen molar-refractivity contribution in [3.63, 3.8) is 0 Å². The van der Waals surface area contributed by atoms with E-state index in [9.17, 15) is 4.79 Å². The number of hydrogen-bond acceptors (Lipinski definition) is 2. The molecule has 2 N–H and O–H groups in total. The summed E-state index contributed by atoms with van der Waals surface area (Å²) in [5.74, 6) is 0.0895. The molecule has 1 fully saturated rings. The van der Waals surface area contributed by atoms with E-state index in [4.69, 9.17) is 5.73 Å². The molecule has 0 atom stereocenters. The first-order valence-electron chi connectivity index (χ1n) is 5.03. The van der Waals surface area contributed by atoms with Gasteiger partial charge in [-0.1, -0.05) is 0 Å². The quantitative estimate of drug-likeness (QED) is 0.795. The molecule has 1 aliphatic heterocycles. The van der Waals surface area contributed by atoms with Crippen LogP contribution < -0.4 is 5.73 Å². The number of benzene rings is 1. The van der Waals surface area contributed by atoms with Crippen LogP contribution in [0.2, 0.25) is 0 Å². The number of nitrogens with two attached hydrogens (primary N) is 1. The molecule has 1 saturated heterocycles. The minimum atomic E-state index is 0.0895. The third kappa shape index (κ3) is 2.15. The lowest BCUT2D eigenvalue weighted by atomic mass is 10.2. The minimum Gasteiger partial charge on any atom is -0.398 e. The lowest BCUT2D eigenvalue weighted by molar-refractivity contribution is 0.0793. The highest BCUT2D eigenvalue weighted by atomic mass is 79.9. The van der Waals surface area contributed by atoms with Crippen molar-refractivity contribution < 1.29 is 4.79 Å². The van der Waals surface area contributed by atoms with Crippen LogP contribution in [0.3, 0.4) is 0 Å². The fraction of sp³-hybridized carbons (Fsp3) is 0.364. The van der Waals surface area contributed by atoms with Crippen LogP contribution in [0.25, 0.3) is 0 Å². The molecule has 0 spiro atoms. The smallest absolute Gasteiger partial charge is 0.253 e. The molecule has 1 aliphatic rings. The molecule has 3 nitrogen and oxygen atoms in total. The maximum absolute atomic E-state index is 12.0. The molecule has 2 rings (SSSR count). The van der Waals surface area contributed by atoms with Crippen LogP contribution in [0.4, 0.5) is 5.69 Å². The van der Waals surface area contributed by atoms with E-state index in [1.165, 1.54) is 0 Å². The maximum atomic E-state index is 12.0. The Labute approximate surface area is 97.4 Å². The van der Waals surface area contributed by atoms with E-state index in [1.807, 2.05) is 11.0 Å². The van der Waals surface area contributed by atoms with E-state index >= 15 is 0 Å². The summed E-state index contributed by atoms with van der Waals surface area (Å²) in [6, 6.07) is 5.35. The fourth-order valence-corrected chi connectivity index (χ4v) is 2.03. The fourth-order valence-electron chi connectivity index (χ4n) is 1.78. The van der Waals surface area contributed by atoms with Crippen LogP contribution in [-0.4, -0.2) is 23.9 Å². The zero-order valence-corrected chi connectivity index (χ0v) is 9.96. The third-order valence-corrected chi connectivity index (χ3v) is 3.36. The van der Waals surface area contributed by atoms with Crippen LogP contribution in [0, 0.1) is 0 Å². The Morgan fingerprint density at radius 3 is 2.60 bits per heavy atom. The molecule has 0 aliphatic carbocycles. The van der Waals surface area contributed by atoms with Gasteiger partial charge in [-0.25, -0.2) is 0 Å². The van der Waals surface area contributed by atoms with Crippen LogP contribution >= 0.6 is 15.9 Å². The van der Waals surface area contributed by atoms with Crippen LogP contribution in [0.15, 0.2) is 22.7 Å². The second-order valence-electron chi connectivity index (χ2n) is 3.74.